The molecule has 4 amide bonds. The van der Waals surface area contributed by atoms with E-state index in [1.165, 1.54) is 49.6 Å². The van der Waals surface area contributed by atoms with E-state index in [0.717, 1.165) is 92.6 Å². The molecule has 2 aromatic heterocycles. The summed E-state index contributed by atoms with van der Waals surface area (Å²) in [6.07, 6.45) is 2.05. The third kappa shape index (κ3) is 30.2. The van der Waals surface area contributed by atoms with Gasteiger partial charge in [0.05, 0.1) is 42.7 Å². The summed E-state index contributed by atoms with van der Waals surface area (Å²) in [5, 5.41) is 28.8. The molecule has 0 radical (unpaired) electrons. The number of methoxy groups -OCH3 is 2. The molecular formula is C84H125F3N8O16S2. The highest BCUT2D eigenvalue weighted by Gasteiger charge is 2.42. The monoisotopic (exact) mass is 1620 g/mol. The first-order valence-electron chi connectivity index (χ1n) is 39.9. The van der Waals surface area contributed by atoms with Crippen LogP contribution in [0.5, 0.6) is 0 Å². The lowest BCUT2D eigenvalue weighted by Crippen LogP contribution is -2.50. The standard InChI is InChI=1S/C42H61F3N4O8S.C42H64N4O8S/c1-9-26(4)32(22-36(51)34-12-10-11-17-48(34)7)40(53)49(18-19-56-8)35(25(2)3)23-37(57-28(6)50)39-47-33(24-58-39)38(52)46-31(20-27(5)41(54)55)21-29-13-15-30(16-14-29)42(43,44)45;1-10-28(5)33(23-37(48)35-13-11-12-18-45(35)8)41(50)46(19-20-53-9)36(26(2)3)24-38(54-30(7)47)40-44-34(25-55-40)39(49)43-32(21-29(6)42(51)52)22-31-16-14-27(4)15-17-31/h13-16,24-27,31-32,34-35,37H,9-12,17-23H2,1-8H3,(H,46,52)(H,54,55);14-17,25-26,28-29,32-33,35-36,38H,10-13,18-24H2,1-9H3,(H,43,49)(H,51,52)/t26?,27-,31+,32?,34?,35+,37+;28?,29-,32+,33?,35?,36+,38+/m00/s1. The van der Waals surface area contributed by atoms with Gasteiger partial charge in [0.15, 0.2) is 23.8 Å². The topological polar surface area (TPSA) is 311 Å². The Kier molecular flexibility index (Phi) is 39.8. The molecule has 29 heteroatoms. The zero-order valence-corrected chi connectivity index (χ0v) is 70.9. The highest BCUT2D eigenvalue weighted by Crippen LogP contribution is 2.37. The maximum absolute atomic E-state index is 14.7. The fourth-order valence-corrected chi connectivity index (χ4v) is 16.6. The third-order valence-corrected chi connectivity index (χ3v) is 24.0. The second-order valence-electron chi connectivity index (χ2n) is 31.7. The number of nitrogens with zero attached hydrogens (tertiary/aromatic N) is 6. The number of aliphatic carboxylic acids is 2. The Morgan fingerprint density at radius 1 is 0.566 bits per heavy atom. The van der Waals surface area contributed by atoms with E-state index >= 15 is 0 Å². The minimum atomic E-state index is -4.52. The lowest BCUT2D eigenvalue weighted by atomic mass is 9.82. The van der Waals surface area contributed by atoms with E-state index in [1.54, 1.807) is 36.3 Å². The number of likely N-dealkylation sites (N-methyl/N-ethyl adjacent to an activating group) is 2. The molecule has 4 N–H and O–H groups in total. The molecule has 4 aromatic rings. The third-order valence-electron chi connectivity index (χ3n) is 22.1. The molecule has 4 heterocycles. The van der Waals surface area contributed by atoms with E-state index in [0.29, 0.717) is 28.4 Å². The van der Waals surface area contributed by atoms with Crippen LogP contribution in [0.25, 0.3) is 0 Å². The van der Waals surface area contributed by atoms with Gasteiger partial charge >= 0.3 is 30.1 Å². The van der Waals surface area contributed by atoms with Crippen LogP contribution in [0, 0.1) is 54.3 Å². The van der Waals surface area contributed by atoms with E-state index in [9.17, 15) is 71.3 Å². The zero-order valence-electron chi connectivity index (χ0n) is 69.3. The van der Waals surface area contributed by atoms with Crippen LogP contribution in [0.15, 0.2) is 59.3 Å². The number of rotatable bonds is 44. The molecule has 2 aliphatic heterocycles. The first-order chi connectivity index (χ1) is 53.3. The van der Waals surface area contributed by atoms with Crippen molar-refractivity contribution in [3.8, 4) is 0 Å². The van der Waals surface area contributed by atoms with Crippen LogP contribution >= 0.6 is 22.7 Å². The smallest absolute Gasteiger partial charge is 0.416 e. The molecule has 6 rings (SSSR count). The second kappa shape index (κ2) is 46.8. The lowest BCUT2D eigenvalue weighted by Gasteiger charge is -2.39. The van der Waals surface area contributed by atoms with Gasteiger partial charge in [-0.1, -0.05) is 137 Å². The molecule has 0 bridgehead atoms. The molecule has 0 spiro atoms. The van der Waals surface area contributed by atoms with Gasteiger partial charge in [0.25, 0.3) is 11.8 Å². The number of hydrogen-bond donors (Lipinski definition) is 4. The average Bonchev–Trinajstić information content (AvgIpc) is 1.80. The predicted octanol–water partition coefficient (Wildman–Crippen LogP) is 13.7. The van der Waals surface area contributed by atoms with Crippen molar-refractivity contribution in [2.24, 2.45) is 47.3 Å². The number of halogens is 3. The molecule has 2 aromatic carbocycles. The van der Waals surface area contributed by atoms with Crippen LogP contribution in [0.2, 0.25) is 0 Å². The van der Waals surface area contributed by atoms with Crippen molar-refractivity contribution in [3.05, 3.63) is 103 Å². The summed E-state index contributed by atoms with van der Waals surface area (Å²) in [4.78, 5) is 149. The van der Waals surface area contributed by atoms with Crippen LogP contribution < -0.4 is 10.6 Å². The van der Waals surface area contributed by atoms with E-state index < -0.39 is 107 Å². The maximum atomic E-state index is 14.7. The number of thiazole rings is 2. The van der Waals surface area contributed by atoms with Gasteiger partial charge in [0, 0.05) is 114 Å². The second-order valence-corrected chi connectivity index (χ2v) is 33.4. The Balaban J connectivity index is 0.000000404. The van der Waals surface area contributed by atoms with Crippen molar-refractivity contribution < 1.29 is 90.3 Å². The number of amides is 4. The Morgan fingerprint density at radius 2 is 0.929 bits per heavy atom. The Morgan fingerprint density at radius 3 is 1.24 bits per heavy atom. The number of alkyl halides is 3. The minimum absolute atomic E-state index is 0.00281. The summed E-state index contributed by atoms with van der Waals surface area (Å²) in [6.45, 7) is 26.4. The molecule has 24 nitrogen and oxygen atoms in total. The number of benzene rings is 2. The molecule has 113 heavy (non-hydrogen) atoms. The van der Waals surface area contributed by atoms with Gasteiger partial charge in [-0.3, -0.25) is 57.7 Å². The number of hydrogen-bond acceptors (Lipinski definition) is 20. The molecule has 2 saturated heterocycles. The van der Waals surface area contributed by atoms with Gasteiger partial charge in [0.1, 0.15) is 21.4 Å². The van der Waals surface area contributed by atoms with Gasteiger partial charge in [-0.05, 0) is 132 Å². The molecule has 630 valence electrons. The number of nitrogens with one attached hydrogen (secondary N) is 2. The zero-order chi connectivity index (χ0) is 84.1. The summed E-state index contributed by atoms with van der Waals surface area (Å²) in [5.41, 5.74) is 1.82. The van der Waals surface area contributed by atoms with Crippen LogP contribution in [0.4, 0.5) is 13.2 Å². The Bertz CT molecular complexity index is 3710. The van der Waals surface area contributed by atoms with Crippen LogP contribution in [0.1, 0.15) is 238 Å². The minimum Gasteiger partial charge on any atom is -0.481 e. The van der Waals surface area contributed by atoms with Crippen molar-refractivity contribution in [2.45, 2.75) is 247 Å². The highest BCUT2D eigenvalue weighted by molar-refractivity contribution is 7.10. The molecule has 0 aliphatic carbocycles. The summed E-state index contributed by atoms with van der Waals surface area (Å²) < 4.78 is 62.0. The number of aromatic nitrogens is 2. The van der Waals surface area contributed by atoms with Gasteiger partial charge < -0.3 is 49.6 Å². The summed E-state index contributed by atoms with van der Waals surface area (Å²) in [6, 6.07) is 9.80. The van der Waals surface area contributed by atoms with Crippen molar-refractivity contribution in [2.75, 3.05) is 67.7 Å². The number of carbonyl (C=O) groups excluding carboxylic acids is 8. The largest absolute Gasteiger partial charge is 0.481 e. The normalized spacial score (nSPS) is 18.1. The number of piperidine rings is 2. The Hall–Kier alpha value is -7.57. The predicted molar refractivity (Wildman–Crippen MR) is 428 cm³/mol. The van der Waals surface area contributed by atoms with Crippen molar-refractivity contribution in [1.29, 1.82) is 0 Å². The number of ether oxygens (including phenoxy) is 4. The summed E-state index contributed by atoms with van der Waals surface area (Å²) in [5.74, 6) is -7.39. The maximum Gasteiger partial charge on any atom is 0.416 e. The fraction of sp³-hybridized carbons (Fsp3) is 0.667. The number of carboxylic acids is 2. The highest BCUT2D eigenvalue weighted by atomic mass is 32.1. The number of aryl methyl sites for hydroxylation is 1. The molecule has 6 unspecified atom stereocenters. The average molecular weight is 1620 g/mol. The number of Topliss-reactive ketones (excluding diaryl/α,β-unsaturated/α-hetero) is 2. The van der Waals surface area contributed by atoms with E-state index in [1.807, 2.05) is 101 Å². The number of carboxylic acid groups (broad SMARTS) is 2. The van der Waals surface area contributed by atoms with Crippen LogP contribution in [-0.2, 0) is 76.3 Å². The first-order valence-corrected chi connectivity index (χ1v) is 41.7. The molecular weight excluding hydrogens is 1500 g/mol. The van der Waals surface area contributed by atoms with Crippen molar-refractivity contribution >= 4 is 81.7 Å². The Labute approximate surface area is 674 Å². The van der Waals surface area contributed by atoms with E-state index in [2.05, 4.69) is 30.4 Å². The van der Waals surface area contributed by atoms with Gasteiger partial charge in [0.2, 0.25) is 11.8 Å². The van der Waals surface area contributed by atoms with Crippen molar-refractivity contribution in [3.63, 3.8) is 0 Å². The number of likely N-dealkylation sites (tertiary alicyclic amines) is 2. The van der Waals surface area contributed by atoms with E-state index in [-0.39, 0.29) is 142 Å². The lowest BCUT2D eigenvalue weighted by molar-refractivity contribution is -0.152. The first kappa shape index (κ1) is 96.0. The fourth-order valence-electron chi connectivity index (χ4n) is 14.9. The number of esters is 2. The van der Waals surface area contributed by atoms with Gasteiger partial charge in [-0.2, -0.15) is 13.2 Å². The summed E-state index contributed by atoms with van der Waals surface area (Å²) >= 11 is 2.27. The SMILES string of the molecule is CCC(C)C(CC(=O)C1CCCCN1C)C(=O)N(CCOC)[C@H](C[C@@H](OC(C)=O)c1nc(C(=O)N[C@@H](Cc2ccc(C(F)(F)F)cc2)C[C@H](C)C(=O)O)cs1)C(C)C.CCC(C)C(CC(=O)C1CCCCN1C)C(=O)N(CCOC)[C@H](C[C@@H](OC(C)=O)c1nc(C(=O)N[C@@H](Cc2ccc(C)cc2)C[C@H](C)C(=O)O)cs1)C(C)C. The van der Waals surface area contributed by atoms with Crippen molar-refractivity contribution in [1.82, 2.24) is 40.2 Å². The number of carbonyl (C=O) groups is 10. The van der Waals surface area contributed by atoms with Gasteiger partial charge in [-0.15, -0.1) is 22.7 Å². The summed E-state index contributed by atoms with van der Waals surface area (Å²) in [7, 11) is 7.06. The number of ketones is 2. The molecule has 2 fully saturated rings. The molecule has 14 atom stereocenters. The molecule has 0 saturated carbocycles. The van der Waals surface area contributed by atoms with Crippen LogP contribution in [-0.4, -0.2) is 203 Å². The van der Waals surface area contributed by atoms with E-state index in [4.69, 9.17) is 18.9 Å². The quantitative estimate of drug-likeness (QED) is 0.0299. The molecule has 2 aliphatic rings. The van der Waals surface area contributed by atoms with Gasteiger partial charge in [-0.25, -0.2) is 9.97 Å². The van der Waals surface area contributed by atoms with Crippen LogP contribution in [0.3, 0.4) is 0 Å².